The fourth-order valence-electron chi connectivity index (χ4n) is 1.72. The summed E-state index contributed by atoms with van der Waals surface area (Å²) < 4.78 is 26.4. The van der Waals surface area contributed by atoms with Crippen LogP contribution in [0, 0.1) is 0 Å². The van der Waals surface area contributed by atoms with Crippen molar-refractivity contribution in [3.63, 3.8) is 0 Å². The van der Waals surface area contributed by atoms with Crippen LogP contribution in [0.25, 0.3) is 0 Å². The summed E-state index contributed by atoms with van der Waals surface area (Å²) >= 11 is 0. The third kappa shape index (κ3) is 5.18. The van der Waals surface area contributed by atoms with Gasteiger partial charge in [-0.2, -0.15) is 0 Å². The molecule has 4 N–H and O–H groups in total. The highest BCUT2D eigenvalue weighted by molar-refractivity contribution is 7.89. The Morgan fingerprint density at radius 3 is 2.21 bits per heavy atom. The minimum atomic E-state index is -3.41. The van der Waals surface area contributed by atoms with Gasteiger partial charge in [0.05, 0.1) is 4.90 Å². The molecule has 0 saturated carbocycles. The van der Waals surface area contributed by atoms with E-state index in [1.807, 2.05) is 6.92 Å². The lowest BCUT2D eigenvalue weighted by atomic mass is 10.2. The number of hydrogen-bond donors (Lipinski definition) is 3. The second kappa shape index (κ2) is 6.88. The van der Waals surface area contributed by atoms with Crippen LogP contribution in [0.3, 0.4) is 0 Å². The number of rotatable bonds is 7. The van der Waals surface area contributed by atoms with E-state index in [9.17, 15) is 8.42 Å². The van der Waals surface area contributed by atoms with E-state index in [-0.39, 0.29) is 17.0 Å². The Morgan fingerprint density at radius 1 is 1.16 bits per heavy atom. The highest BCUT2D eigenvalue weighted by Gasteiger charge is 2.14. The summed E-state index contributed by atoms with van der Waals surface area (Å²) in [6.07, 6.45) is 0.870. The lowest BCUT2D eigenvalue weighted by Crippen LogP contribution is -2.30. The van der Waals surface area contributed by atoms with E-state index in [0.717, 1.165) is 12.1 Å². The molecule has 1 atom stereocenters. The topological polar surface area (TPSA) is 84.2 Å². The van der Waals surface area contributed by atoms with Crippen molar-refractivity contribution in [3.05, 3.63) is 24.3 Å². The van der Waals surface area contributed by atoms with E-state index in [1.165, 1.54) is 0 Å². The Labute approximate surface area is 115 Å². The molecule has 1 aromatic rings. The molecular formula is C13H23N3O2S. The Morgan fingerprint density at radius 2 is 1.74 bits per heavy atom. The summed E-state index contributed by atoms with van der Waals surface area (Å²) in [6, 6.07) is 6.88. The lowest BCUT2D eigenvalue weighted by molar-refractivity contribution is 0.570. The first-order valence-corrected chi connectivity index (χ1v) is 7.92. The average molecular weight is 285 g/mol. The molecule has 0 radical (unpaired) electrons. The van der Waals surface area contributed by atoms with E-state index in [0.29, 0.717) is 6.54 Å². The van der Waals surface area contributed by atoms with Gasteiger partial charge in [-0.1, -0.05) is 0 Å². The fraction of sp³-hybridized carbons (Fsp3) is 0.538. The van der Waals surface area contributed by atoms with Crippen molar-refractivity contribution in [2.45, 2.75) is 44.2 Å². The van der Waals surface area contributed by atoms with Crippen LogP contribution in [-0.2, 0) is 10.0 Å². The van der Waals surface area contributed by atoms with Gasteiger partial charge in [0.1, 0.15) is 0 Å². The van der Waals surface area contributed by atoms with E-state index >= 15 is 0 Å². The van der Waals surface area contributed by atoms with Crippen LogP contribution in [0.1, 0.15) is 27.2 Å². The first-order valence-electron chi connectivity index (χ1n) is 6.44. The van der Waals surface area contributed by atoms with Gasteiger partial charge in [0.25, 0.3) is 0 Å². The van der Waals surface area contributed by atoms with Gasteiger partial charge >= 0.3 is 0 Å². The monoisotopic (exact) mass is 285 g/mol. The zero-order valence-electron chi connectivity index (χ0n) is 11.7. The van der Waals surface area contributed by atoms with Gasteiger partial charge in [0.2, 0.25) is 10.0 Å². The van der Waals surface area contributed by atoms with Crippen LogP contribution in [0.5, 0.6) is 0 Å². The maximum Gasteiger partial charge on any atom is 0.240 e. The summed E-state index contributed by atoms with van der Waals surface area (Å²) in [4.78, 5) is 0.276. The molecule has 0 aliphatic carbocycles. The molecule has 108 valence electrons. The standard InChI is InChI=1S/C13H23N3O2S/c1-10(2)16-19(17,18)13-6-4-12(5-7-13)15-11(3)8-9-14/h4-7,10-11,15-16H,8-9,14H2,1-3H3. The quantitative estimate of drug-likeness (QED) is 0.709. The van der Waals surface area contributed by atoms with Crippen molar-refractivity contribution in [2.24, 2.45) is 5.73 Å². The fourth-order valence-corrected chi connectivity index (χ4v) is 2.97. The molecule has 1 aromatic carbocycles. The van der Waals surface area contributed by atoms with Gasteiger partial charge in [-0.25, -0.2) is 13.1 Å². The van der Waals surface area contributed by atoms with Gasteiger partial charge in [-0.3, -0.25) is 0 Å². The minimum Gasteiger partial charge on any atom is -0.383 e. The Hall–Kier alpha value is -1.11. The summed E-state index contributed by atoms with van der Waals surface area (Å²) in [7, 11) is -3.41. The highest BCUT2D eigenvalue weighted by Crippen LogP contribution is 2.15. The van der Waals surface area contributed by atoms with Gasteiger partial charge in [0, 0.05) is 17.8 Å². The molecule has 0 saturated heterocycles. The van der Waals surface area contributed by atoms with Crippen LogP contribution in [0.4, 0.5) is 5.69 Å². The second-order valence-corrected chi connectivity index (χ2v) is 6.64. The SMILES string of the molecule is CC(C)NS(=O)(=O)c1ccc(NC(C)CCN)cc1. The first-order chi connectivity index (χ1) is 8.85. The molecule has 1 rings (SSSR count). The molecule has 0 amide bonds. The number of sulfonamides is 1. The molecule has 1 unspecified atom stereocenters. The molecule has 19 heavy (non-hydrogen) atoms. The van der Waals surface area contributed by atoms with Crippen molar-refractivity contribution in [3.8, 4) is 0 Å². The van der Waals surface area contributed by atoms with Gasteiger partial charge in [0.15, 0.2) is 0 Å². The summed E-state index contributed by atoms with van der Waals surface area (Å²) in [6.45, 7) is 6.25. The largest absolute Gasteiger partial charge is 0.383 e. The van der Waals surface area contributed by atoms with Crippen molar-refractivity contribution in [1.29, 1.82) is 0 Å². The molecule has 0 fully saturated rings. The zero-order valence-corrected chi connectivity index (χ0v) is 12.5. The summed E-state index contributed by atoms with van der Waals surface area (Å²) in [5, 5.41) is 3.27. The summed E-state index contributed by atoms with van der Waals surface area (Å²) in [5.41, 5.74) is 6.38. The third-order valence-electron chi connectivity index (χ3n) is 2.57. The smallest absolute Gasteiger partial charge is 0.240 e. The maximum absolute atomic E-state index is 11.9. The molecule has 0 heterocycles. The van der Waals surface area contributed by atoms with Crippen LogP contribution in [-0.4, -0.2) is 27.0 Å². The Bertz CT molecular complexity index is 483. The number of nitrogens with one attached hydrogen (secondary N) is 2. The second-order valence-electron chi connectivity index (χ2n) is 4.92. The van der Waals surface area contributed by atoms with Crippen LogP contribution >= 0.6 is 0 Å². The molecule has 6 heteroatoms. The van der Waals surface area contributed by atoms with Gasteiger partial charge in [-0.05, 0) is 58.0 Å². The predicted molar refractivity (Wildman–Crippen MR) is 78.7 cm³/mol. The maximum atomic E-state index is 11.9. The van der Waals surface area contributed by atoms with E-state index in [1.54, 1.807) is 38.1 Å². The molecule has 0 spiro atoms. The van der Waals surface area contributed by atoms with Crippen molar-refractivity contribution in [1.82, 2.24) is 4.72 Å². The third-order valence-corrected chi connectivity index (χ3v) is 4.24. The van der Waals surface area contributed by atoms with Crippen LogP contribution in [0.15, 0.2) is 29.2 Å². The number of hydrogen-bond acceptors (Lipinski definition) is 4. The van der Waals surface area contributed by atoms with E-state index in [2.05, 4.69) is 10.0 Å². The normalized spacial score (nSPS) is 13.5. The van der Waals surface area contributed by atoms with Crippen molar-refractivity contribution < 1.29 is 8.42 Å². The first kappa shape index (κ1) is 15.9. The van der Waals surface area contributed by atoms with Crippen LogP contribution in [0.2, 0.25) is 0 Å². The number of benzene rings is 1. The molecule has 0 bridgehead atoms. The molecular weight excluding hydrogens is 262 g/mol. The van der Waals surface area contributed by atoms with Crippen LogP contribution < -0.4 is 15.8 Å². The van der Waals surface area contributed by atoms with E-state index in [4.69, 9.17) is 5.73 Å². The average Bonchev–Trinajstić information content (AvgIpc) is 2.28. The molecule has 0 aliphatic rings. The summed E-state index contributed by atoms with van der Waals surface area (Å²) in [5.74, 6) is 0. The molecule has 5 nitrogen and oxygen atoms in total. The van der Waals surface area contributed by atoms with E-state index < -0.39 is 10.0 Å². The number of anilines is 1. The highest BCUT2D eigenvalue weighted by atomic mass is 32.2. The minimum absolute atomic E-state index is 0.118. The predicted octanol–water partition coefficient (Wildman–Crippen LogP) is 1.52. The van der Waals surface area contributed by atoms with Crippen molar-refractivity contribution in [2.75, 3.05) is 11.9 Å². The van der Waals surface area contributed by atoms with Gasteiger partial charge < -0.3 is 11.1 Å². The zero-order chi connectivity index (χ0) is 14.5. The lowest BCUT2D eigenvalue weighted by Gasteiger charge is -2.15. The molecule has 0 aliphatic heterocycles. The van der Waals surface area contributed by atoms with Gasteiger partial charge in [-0.15, -0.1) is 0 Å². The Balaban J connectivity index is 2.76. The molecule has 0 aromatic heterocycles. The Kier molecular flexibility index (Phi) is 5.78. The van der Waals surface area contributed by atoms with Crippen molar-refractivity contribution >= 4 is 15.7 Å². The number of nitrogens with two attached hydrogens (primary N) is 1.